The number of aromatic nitrogens is 4. The maximum Gasteiger partial charge on any atom is 0.264 e. The van der Waals surface area contributed by atoms with Gasteiger partial charge in [0.2, 0.25) is 5.95 Å². The minimum Gasteiger partial charge on any atom is -0.439 e. The van der Waals surface area contributed by atoms with Gasteiger partial charge in [-0.05, 0) is 31.7 Å². The minimum absolute atomic E-state index is 0.101. The summed E-state index contributed by atoms with van der Waals surface area (Å²) in [4.78, 5) is 28.2. The van der Waals surface area contributed by atoms with Crippen molar-refractivity contribution < 1.29 is 4.42 Å². The molecule has 0 saturated carbocycles. The number of oxazole rings is 1. The molecular weight excluding hydrogens is 416 g/mol. The Morgan fingerprint density at radius 2 is 1.94 bits per heavy atom. The number of piperidine rings is 1. The van der Waals surface area contributed by atoms with E-state index in [0.717, 1.165) is 25.7 Å². The smallest absolute Gasteiger partial charge is 0.264 e. The summed E-state index contributed by atoms with van der Waals surface area (Å²) < 4.78 is 7.33. The number of nitrogens with one attached hydrogen (secondary N) is 1. The first-order chi connectivity index (χ1) is 14.9. The Labute approximate surface area is 183 Å². The highest BCUT2D eigenvalue weighted by Gasteiger charge is 2.41. The number of aryl methyl sites for hydroxylation is 1. The molecule has 0 aliphatic carbocycles. The Bertz CT molecular complexity index is 1390. The molecule has 2 atom stereocenters. The average Bonchev–Trinajstić information content (AvgIpc) is 3.39. The Balaban J connectivity index is 1.52. The topological polar surface area (TPSA) is 106 Å². The van der Waals surface area contributed by atoms with E-state index in [1.807, 2.05) is 12.1 Å². The summed E-state index contributed by atoms with van der Waals surface area (Å²) in [5, 5.41) is 0.956. The second-order valence-corrected chi connectivity index (χ2v) is 9.11. The van der Waals surface area contributed by atoms with Crippen molar-refractivity contribution >= 4 is 39.7 Å². The van der Waals surface area contributed by atoms with E-state index in [4.69, 9.17) is 26.7 Å². The first-order valence-electron chi connectivity index (χ1n) is 10.6. The Kier molecular flexibility index (Phi) is 4.01. The largest absolute Gasteiger partial charge is 0.439 e. The molecule has 3 aromatic heterocycles. The van der Waals surface area contributed by atoms with Gasteiger partial charge in [-0.3, -0.25) is 9.36 Å². The maximum atomic E-state index is 13.5. The Morgan fingerprint density at radius 3 is 2.68 bits per heavy atom. The highest BCUT2D eigenvalue weighted by Crippen LogP contribution is 2.40. The third-order valence-corrected chi connectivity index (χ3v) is 7.16. The molecule has 1 aromatic carbocycles. The third-order valence-electron chi connectivity index (χ3n) is 6.78. The second-order valence-electron chi connectivity index (χ2n) is 8.73. The van der Waals surface area contributed by atoms with Gasteiger partial charge in [-0.15, -0.1) is 0 Å². The number of fused-ring (bicyclic) bond motifs is 4. The van der Waals surface area contributed by atoms with Crippen molar-refractivity contribution in [3.8, 4) is 11.1 Å². The van der Waals surface area contributed by atoms with E-state index in [1.54, 1.807) is 24.7 Å². The fourth-order valence-corrected chi connectivity index (χ4v) is 5.72. The number of anilines is 1. The molecule has 4 aromatic rings. The first kappa shape index (κ1) is 18.9. The van der Waals surface area contributed by atoms with Crippen molar-refractivity contribution in [2.75, 3.05) is 4.90 Å². The van der Waals surface area contributed by atoms with Crippen molar-refractivity contribution in [2.45, 2.75) is 50.7 Å². The second kappa shape index (κ2) is 6.58. The van der Waals surface area contributed by atoms with Crippen LogP contribution < -0.4 is 16.2 Å². The quantitative estimate of drug-likeness (QED) is 0.496. The van der Waals surface area contributed by atoms with E-state index in [2.05, 4.69) is 14.9 Å². The molecule has 8 nitrogen and oxygen atoms in total. The zero-order valence-corrected chi connectivity index (χ0v) is 18.1. The number of halogens is 1. The van der Waals surface area contributed by atoms with Crippen LogP contribution in [-0.4, -0.2) is 37.6 Å². The van der Waals surface area contributed by atoms with Gasteiger partial charge >= 0.3 is 0 Å². The monoisotopic (exact) mass is 438 g/mol. The summed E-state index contributed by atoms with van der Waals surface area (Å²) >= 11 is 6.66. The average molecular weight is 439 g/mol. The summed E-state index contributed by atoms with van der Waals surface area (Å²) in [5.74, 6) is 1.25. The van der Waals surface area contributed by atoms with Gasteiger partial charge in [-0.2, -0.15) is 4.98 Å². The zero-order valence-electron chi connectivity index (χ0n) is 17.4. The van der Waals surface area contributed by atoms with Crippen LogP contribution in [0, 0.1) is 6.92 Å². The number of H-pyrrole nitrogens is 1. The number of aromatic amines is 1. The molecule has 2 bridgehead atoms. The van der Waals surface area contributed by atoms with Gasteiger partial charge in [-0.25, -0.2) is 4.98 Å². The minimum atomic E-state index is -0.101. The SMILES string of the molecule is Cc1nc2ccc(-c3c[nH]c4nc(N5C6CCC5CC(N)C6)n(C)c(=O)c34)c(Cl)c2o1. The molecule has 2 fully saturated rings. The fraction of sp³-hybridized carbons (Fsp3) is 0.409. The molecule has 31 heavy (non-hydrogen) atoms. The van der Waals surface area contributed by atoms with Crippen LogP contribution in [-0.2, 0) is 7.05 Å². The summed E-state index contributed by atoms with van der Waals surface area (Å²) in [6.07, 6.45) is 5.85. The van der Waals surface area contributed by atoms with Crippen LogP contribution in [0.25, 0.3) is 33.3 Å². The number of nitrogens with two attached hydrogens (primary N) is 1. The zero-order chi connectivity index (χ0) is 21.4. The van der Waals surface area contributed by atoms with Crippen LogP contribution >= 0.6 is 11.6 Å². The summed E-state index contributed by atoms with van der Waals surface area (Å²) in [6, 6.07) is 4.63. The lowest BCUT2D eigenvalue weighted by molar-refractivity contribution is 0.405. The summed E-state index contributed by atoms with van der Waals surface area (Å²) in [5.41, 5.74) is 9.33. The Hall–Kier alpha value is -2.84. The van der Waals surface area contributed by atoms with E-state index in [0.29, 0.717) is 62.2 Å². The van der Waals surface area contributed by atoms with Gasteiger partial charge in [0.25, 0.3) is 5.56 Å². The number of hydrogen-bond donors (Lipinski definition) is 2. The number of benzene rings is 1. The van der Waals surface area contributed by atoms with Crippen molar-refractivity contribution in [2.24, 2.45) is 12.8 Å². The lowest BCUT2D eigenvalue weighted by Crippen LogP contribution is -2.49. The molecule has 0 radical (unpaired) electrons. The molecule has 0 amide bonds. The van der Waals surface area contributed by atoms with E-state index >= 15 is 0 Å². The normalized spacial score (nSPS) is 23.4. The fourth-order valence-electron chi connectivity index (χ4n) is 5.42. The van der Waals surface area contributed by atoms with Crippen molar-refractivity contribution in [1.82, 2.24) is 19.5 Å². The van der Waals surface area contributed by atoms with E-state index in [1.165, 1.54) is 0 Å². The standard InChI is InChI=1S/C22H23ClN6O2/c1-10-26-16-6-5-14(18(23)19(16)31-10)15-9-25-20-17(15)21(30)28(2)22(27-20)29-12-3-4-13(29)8-11(24)7-12/h5-6,9,11-13,25H,3-4,7-8,24H2,1-2H3. The molecule has 9 heteroatoms. The van der Waals surface area contributed by atoms with Gasteiger partial charge in [0.15, 0.2) is 11.5 Å². The highest BCUT2D eigenvalue weighted by molar-refractivity contribution is 6.37. The number of rotatable bonds is 2. The lowest BCUT2D eigenvalue weighted by Gasteiger charge is -2.38. The Morgan fingerprint density at radius 1 is 1.19 bits per heavy atom. The van der Waals surface area contributed by atoms with Crippen LogP contribution in [0.3, 0.4) is 0 Å². The van der Waals surface area contributed by atoms with Gasteiger partial charge in [0.05, 0.1) is 10.4 Å². The molecule has 2 aliphatic heterocycles. The molecule has 2 unspecified atom stereocenters. The maximum absolute atomic E-state index is 13.5. The lowest BCUT2D eigenvalue weighted by atomic mass is 9.98. The van der Waals surface area contributed by atoms with E-state index in [9.17, 15) is 4.79 Å². The molecule has 5 heterocycles. The molecule has 2 saturated heterocycles. The van der Waals surface area contributed by atoms with Crippen LogP contribution in [0.15, 0.2) is 27.5 Å². The van der Waals surface area contributed by atoms with Crippen molar-refractivity contribution in [3.05, 3.63) is 39.6 Å². The molecule has 3 N–H and O–H groups in total. The molecule has 6 rings (SSSR count). The summed E-state index contributed by atoms with van der Waals surface area (Å²) in [7, 11) is 1.79. The number of hydrogen-bond acceptors (Lipinski definition) is 6. The van der Waals surface area contributed by atoms with Gasteiger partial charge in [0.1, 0.15) is 11.2 Å². The highest BCUT2D eigenvalue weighted by atomic mass is 35.5. The summed E-state index contributed by atoms with van der Waals surface area (Å²) in [6.45, 7) is 1.78. The van der Waals surface area contributed by atoms with Crippen molar-refractivity contribution in [1.29, 1.82) is 0 Å². The van der Waals surface area contributed by atoms with Gasteiger partial charge in [-0.1, -0.05) is 17.7 Å². The van der Waals surface area contributed by atoms with Crippen LogP contribution in [0.4, 0.5) is 5.95 Å². The number of nitrogens with zero attached hydrogens (tertiary/aromatic N) is 4. The molecule has 2 aliphatic rings. The molecule has 0 spiro atoms. The van der Waals surface area contributed by atoms with Crippen LogP contribution in [0.5, 0.6) is 0 Å². The first-order valence-corrected chi connectivity index (χ1v) is 11.0. The van der Waals surface area contributed by atoms with Crippen LogP contribution in [0.1, 0.15) is 31.6 Å². The van der Waals surface area contributed by atoms with Crippen LogP contribution in [0.2, 0.25) is 5.02 Å². The molecule has 160 valence electrons. The van der Waals surface area contributed by atoms with E-state index < -0.39 is 0 Å². The predicted octanol–water partition coefficient (Wildman–Crippen LogP) is 3.49. The predicted molar refractivity (Wildman–Crippen MR) is 121 cm³/mol. The third kappa shape index (κ3) is 2.68. The van der Waals surface area contributed by atoms with Gasteiger partial charge in [0, 0.05) is 49.4 Å². The van der Waals surface area contributed by atoms with E-state index in [-0.39, 0.29) is 11.6 Å². The van der Waals surface area contributed by atoms with Gasteiger partial charge < -0.3 is 20.0 Å². The van der Waals surface area contributed by atoms with Crippen molar-refractivity contribution in [3.63, 3.8) is 0 Å². The molecular formula is C22H23ClN6O2.